The fraction of sp³-hybridized carbons (Fsp3) is 0.542. The largest absolute Gasteiger partial charge is 0.466 e. The summed E-state index contributed by atoms with van der Waals surface area (Å²) in [6, 6.07) is 5.03. The van der Waals surface area contributed by atoms with E-state index < -0.39 is 29.8 Å². The maximum Gasteiger partial charge on any atom is 0.310 e. The van der Waals surface area contributed by atoms with Crippen molar-refractivity contribution in [3.05, 3.63) is 41.5 Å². The average molecular weight is 429 g/mol. The number of nitrogens with one attached hydrogen (secondary N) is 1. The Morgan fingerprint density at radius 1 is 1.19 bits per heavy atom. The lowest BCUT2D eigenvalue weighted by Gasteiger charge is -2.32. The Morgan fingerprint density at radius 3 is 2.48 bits per heavy atom. The van der Waals surface area contributed by atoms with Crippen molar-refractivity contribution in [2.75, 3.05) is 25.1 Å². The van der Waals surface area contributed by atoms with Gasteiger partial charge in [-0.2, -0.15) is 0 Å². The zero-order chi connectivity index (χ0) is 22.7. The topological polar surface area (TPSA) is 95.9 Å². The number of para-hydroxylation sites is 1. The fourth-order valence-corrected chi connectivity index (χ4v) is 4.88. The molecule has 2 N–H and O–H groups in total. The van der Waals surface area contributed by atoms with Gasteiger partial charge in [0.15, 0.2) is 0 Å². The molecular formula is C24H32N2O5. The summed E-state index contributed by atoms with van der Waals surface area (Å²) in [7, 11) is 0. The van der Waals surface area contributed by atoms with Crippen molar-refractivity contribution in [2.24, 2.45) is 23.7 Å². The van der Waals surface area contributed by atoms with E-state index in [1.807, 2.05) is 51.1 Å². The second-order valence-electron chi connectivity index (χ2n) is 8.43. The number of aryl methyl sites for hydroxylation is 2. The second-order valence-corrected chi connectivity index (χ2v) is 8.43. The van der Waals surface area contributed by atoms with Crippen LogP contribution in [0.4, 0.5) is 5.69 Å². The zero-order valence-electron chi connectivity index (χ0n) is 18.6. The fourth-order valence-electron chi connectivity index (χ4n) is 4.88. The monoisotopic (exact) mass is 428 g/mol. The van der Waals surface area contributed by atoms with Crippen LogP contribution in [0.5, 0.6) is 0 Å². The van der Waals surface area contributed by atoms with E-state index in [0.717, 1.165) is 16.8 Å². The molecule has 5 atom stereocenters. The summed E-state index contributed by atoms with van der Waals surface area (Å²) in [6.45, 7) is 7.89. The van der Waals surface area contributed by atoms with Crippen molar-refractivity contribution in [3.63, 3.8) is 0 Å². The van der Waals surface area contributed by atoms with E-state index in [4.69, 9.17) is 4.74 Å². The molecule has 2 aliphatic rings. The van der Waals surface area contributed by atoms with Gasteiger partial charge in [-0.3, -0.25) is 14.4 Å². The number of nitrogens with zero attached hydrogens (tertiary/aromatic N) is 1. The normalized spacial score (nSPS) is 27.2. The van der Waals surface area contributed by atoms with E-state index >= 15 is 0 Å². The van der Waals surface area contributed by atoms with E-state index in [1.165, 1.54) is 4.90 Å². The van der Waals surface area contributed by atoms with Crippen molar-refractivity contribution in [1.82, 2.24) is 4.90 Å². The van der Waals surface area contributed by atoms with Gasteiger partial charge in [-0.15, -0.1) is 0 Å². The number of anilines is 1. The highest BCUT2D eigenvalue weighted by Gasteiger charge is 2.56. The SMILES string of the molecule is CCOC(=O)[C@H]1[C@H]2C(=O)N(CCCO)[C@H](C(=O)Nc3c(C)cccc3C)[C@H]2C=C[C@H]1C. The molecule has 2 amide bonds. The van der Waals surface area contributed by atoms with Crippen molar-refractivity contribution < 1.29 is 24.2 Å². The van der Waals surface area contributed by atoms with Crippen LogP contribution in [-0.4, -0.2) is 53.6 Å². The Balaban J connectivity index is 1.97. The van der Waals surface area contributed by atoms with Crippen LogP contribution in [0.3, 0.4) is 0 Å². The van der Waals surface area contributed by atoms with Gasteiger partial charge in [0.2, 0.25) is 11.8 Å². The number of fused-ring (bicyclic) bond motifs is 1. The summed E-state index contributed by atoms with van der Waals surface area (Å²) in [5.41, 5.74) is 2.61. The number of benzene rings is 1. The van der Waals surface area contributed by atoms with Gasteiger partial charge in [0, 0.05) is 24.8 Å². The molecule has 1 aliphatic heterocycles. The summed E-state index contributed by atoms with van der Waals surface area (Å²) in [4.78, 5) is 41.1. The number of likely N-dealkylation sites (tertiary alicyclic amines) is 1. The first-order valence-electron chi connectivity index (χ1n) is 10.9. The highest BCUT2D eigenvalue weighted by Crippen LogP contribution is 2.44. The zero-order valence-corrected chi connectivity index (χ0v) is 18.6. The molecule has 31 heavy (non-hydrogen) atoms. The minimum Gasteiger partial charge on any atom is -0.466 e. The van der Waals surface area contributed by atoms with Crippen LogP contribution in [0.2, 0.25) is 0 Å². The summed E-state index contributed by atoms with van der Waals surface area (Å²) in [5.74, 6) is -2.78. The molecule has 168 valence electrons. The van der Waals surface area contributed by atoms with Gasteiger partial charge < -0.3 is 20.1 Å². The quantitative estimate of drug-likeness (QED) is 0.514. The first-order valence-corrected chi connectivity index (χ1v) is 10.9. The number of amides is 2. The van der Waals surface area contributed by atoms with Crippen molar-refractivity contribution >= 4 is 23.5 Å². The molecule has 7 nitrogen and oxygen atoms in total. The summed E-state index contributed by atoms with van der Waals surface area (Å²) in [5, 5.41) is 12.3. The minimum atomic E-state index is -0.747. The highest BCUT2D eigenvalue weighted by molar-refractivity contribution is 6.02. The van der Waals surface area contributed by atoms with Gasteiger partial charge in [-0.25, -0.2) is 0 Å². The molecule has 1 fully saturated rings. The summed E-state index contributed by atoms with van der Waals surface area (Å²) >= 11 is 0. The molecule has 0 unspecified atom stereocenters. The van der Waals surface area contributed by atoms with Crippen molar-refractivity contribution in [3.8, 4) is 0 Å². The Hall–Kier alpha value is -2.67. The van der Waals surface area contributed by atoms with Crippen LogP contribution in [-0.2, 0) is 19.1 Å². The predicted molar refractivity (Wildman–Crippen MR) is 117 cm³/mol. The third kappa shape index (κ3) is 4.37. The van der Waals surface area contributed by atoms with E-state index in [-0.39, 0.29) is 37.5 Å². The van der Waals surface area contributed by atoms with Crippen LogP contribution in [0.15, 0.2) is 30.4 Å². The molecule has 1 heterocycles. The lowest BCUT2D eigenvalue weighted by molar-refractivity contribution is -0.155. The van der Waals surface area contributed by atoms with Crippen molar-refractivity contribution in [1.29, 1.82) is 0 Å². The molecule has 0 aromatic heterocycles. The molecule has 0 saturated carbocycles. The molecule has 0 radical (unpaired) electrons. The van der Waals surface area contributed by atoms with Crippen LogP contribution < -0.4 is 5.32 Å². The number of aliphatic hydroxyl groups is 1. The Morgan fingerprint density at radius 2 is 1.87 bits per heavy atom. The minimum absolute atomic E-state index is 0.0854. The van der Waals surface area contributed by atoms with Crippen LogP contribution in [0.25, 0.3) is 0 Å². The first kappa shape index (κ1) is 23.0. The van der Waals surface area contributed by atoms with Gasteiger partial charge in [-0.05, 0) is 44.2 Å². The number of allylic oxidation sites excluding steroid dienone is 1. The van der Waals surface area contributed by atoms with Crippen molar-refractivity contribution in [2.45, 2.75) is 40.2 Å². The second kappa shape index (κ2) is 9.64. The van der Waals surface area contributed by atoms with Crippen LogP contribution in [0, 0.1) is 37.5 Å². The summed E-state index contributed by atoms with van der Waals surface area (Å²) in [6.07, 6.45) is 4.17. The highest BCUT2D eigenvalue weighted by atomic mass is 16.5. The van der Waals surface area contributed by atoms with Crippen LogP contribution in [0.1, 0.15) is 31.4 Å². The van der Waals surface area contributed by atoms with E-state index in [1.54, 1.807) is 6.92 Å². The molecular weight excluding hydrogens is 396 g/mol. The number of aliphatic hydroxyl groups excluding tert-OH is 1. The van der Waals surface area contributed by atoms with Gasteiger partial charge >= 0.3 is 5.97 Å². The number of rotatable bonds is 7. The maximum absolute atomic E-state index is 13.5. The van der Waals surface area contributed by atoms with E-state index in [9.17, 15) is 19.5 Å². The van der Waals surface area contributed by atoms with Gasteiger partial charge in [-0.1, -0.05) is 37.3 Å². The number of esters is 1. The van der Waals surface area contributed by atoms with E-state index in [2.05, 4.69) is 5.32 Å². The lowest BCUT2D eigenvalue weighted by atomic mass is 9.70. The molecule has 1 aliphatic carbocycles. The number of hydrogen-bond acceptors (Lipinski definition) is 5. The van der Waals surface area contributed by atoms with Gasteiger partial charge in [0.25, 0.3) is 0 Å². The Kier molecular flexibility index (Phi) is 7.15. The summed E-state index contributed by atoms with van der Waals surface area (Å²) < 4.78 is 5.26. The Bertz CT molecular complexity index is 860. The maximum atomic E-state index is 13.5. The molecule has 1 aromatic carbocycles. The third-order valence-corrected chi connectivity index (χ3v) is 6.39. The number of ether oxygens (including phenoxy) is 1. The molecule has 0 spiro atoms. The average Bonchev–Trinajstić information content (AvgIpc) is 3.01. The van der Waals surface area contributed by atoms with Gasteiger partial charge in [0.05, 0.1) is 18.4 Å². The standard InChI is InChI=1S/C24H32N2O5/c1-5-31-24(30)18-14(2)10-11-17-19(18)23(29)26(12-7-13-27)21(17)22(28)25-20-15(3)8-6-9-16(20)4/h6,8-11,14,17-19,21,27H,5,7,12-13H2,1-4H3,(H,25,28)/t14-,17+,18-,19+,21+/m1/s1. The Labute approximate surface area is 183 Å². The molecule has 0 bridgehead atoms. The van der Waals surface area contributed by atoms with Crippen LogP contribution >= 0.6 is 0 Å². The number of hydrogen-bond donors (Lipinski definition) is 2. The molecule has 1 aromatic rings. The van der Waals surface area contributed by atoms with Gasteiger partial charge in [0.1, 0.15) is 6.04 Å². The predicted octanol–water partition coefficient (Wildman–Crippen LogP) is 2.45. The molecule has 3 rings (SSSR count). The molecule has 1 saturated heterocycles. The first-order chi connectivity index (χ1) is 14.8. The van der Waals surface area contributed by atoms with E-state index in [0.29, 0.717) is 6.42 Å². The third-order valence-electron chi connectivity index (χ3n) is 6.39. The number of carbonyl (C=O) groups excluding carboxylic acids is 3. The number of carbonyl (C=O) groups is 3. The smallest absolute Gasteiger partial charge is 0.310 e. The lowest BCUT2D eigenvalue weighted by Crippen LogP contribution is -2.45. The molecule has 7 heteroatoms.